The van der Waals surface area contributed by atoms with Crippen molar-refractivity contribution in [2.45, 2.75) is 51.4 Å². The van der Waals surface area contributed by atoms with Crippen LogP contribution in [0.4, 0.5) is 4.79 Å². The Morgan fingerprint density at radius 1 is 0.816 bits per heavy atom. The van der Waals surface area contributed by atoms with Crippen LogP contribution < -0.4 is 27.2 Å². The van der Waals surface area contributed by atoms with Crippen LogP contribution in [0.3, 0.4) is 0 Å². The minimum absolute atomic E-state index is 0.0266. The molecular weight excluding hydrogens is 494 g/mol. The lowest BCUT2D eigenvalue weighted by molar-refractivity contribution is -0.133. The van der Waals surface area contributed by atoms with Crippen molar-refractivity contribution in [3.63, 3.8) is 0 Å². The van der Waals surface area contributed by atoms with Crippen LogP contribution in [-0.4, -0.2) is 58.8 Å². The van der Waals surface area contributed by atoms with Crippen LogP contribution in [0.5, 0.6) is 5.75 Å². The van der Waals surface area contributed by atoms with E-state index in [1.54, 1.807) is 36.4 Å². The molecule has 2 aromatic rings. The number of ether oxygens (including phenoxy) is 1. The van der Waals surface area contributed by atoms with Gasteiger partial charge in [0, 0.05) is 6.42 Å². The van der Waals surface area contributed by atoms with Gasteiger partial charge in [0.25, 0.3) is 5.91 Å². The highest BCUT2D eigenvalue weighted by Crippen LogP contribution is 2.12. The van der Waals surface area contributed by atoms with E-state index in [1.807, 2.05) is 25.3 Å². The molecule has 4 amide bonds. The molecule has 0 bridgehead atoms. The fourth-order valence-corrected chi connectivity index (χ4v) is 3.53. The lowest BCUT2D eigenvalue weighted by Crippen LogP contribution is -2.58. The van der Waals surface area contributed by atoms with Gasteiger partial charge in [0.2, 0.25) is 11.8 Å². The van der Waals surface area contributed by atoms with Gasteiger partial charge in [-0.2, -0.15) is 0 Å². The first kappa shape index (κ1) is 30.1. The molecule has 0 unspecified atom stereocenters. The fraction of sp³-hybridized carbons (Fsp3) is 0.385. The van der Waals surface area contributed by atoms with Crippen molar-refractivity contribution >= 4 is 23.8 Å². The monoisotopic (exact) mass is 529 g/mol. The van der Waals surface area contributed by atoms with Gasteiger partial charge in [-0.15, -0.1) is 0 Å². The van der Waals surface area contributed by atoms with E-state index in [-0.39, 0.29) is 31.1 Å². The summed E-state index contributed by atoms with van der Waals surface area (Å²) in [7, 11) is 0. The number of nitrogens with one attached hydrogen (secondary N) is 4. The molecule has 38 heavy (non-hydrogen) atoms. The molecule has 0 heterocycles. The normalized spacial score (nSPS) is 13.1. The number of hydrogen-bond acceptors (Lipinski definition) is 8. The van der Waals surface area contributed by atoms with E-state index in [1.165, 1.54) is 12.1 Å². The maximum atomic E-state index is 13.1. The molecule has 0 aliphatic carbocycles. The number of phenolic OH excluding ortho intramolecular Hbond substituents is 1. The highest BCUT2D eigenvalue weighted by atomic mass is 16.5. The molecule has 0 radical (unpaired) electrons. The van der Waals surface area contributed by atoms with E-state index in [9.17, 15) is 29.4 Å². The number of aliphatic hydroxyl groups is 1. The van der Waals surface area contributed by atoms with Crippen LogP contribution in [0.1, 0.15) is 31.4 Å². The van der Waals surface area contributed by atoms with Gasteiger partial charge in [0.15, 0.2) is 0 Å². The second-order valence-electron chi connectivity index (χ2n) is 9.07. The van der Waals surface area contributed by atoms with Crippen molar-refractivity contribution < 1.29 is 34.1 Å². The molecule has 0 fully saturated rings. The predicted molar refractivity (Wildman–Crippen MR) is 138 cm³/mol. The number of alkyl carbamates (subject to hydrolysis) is 1. The summed E-state index contributed by atoms with van der Waals surface area (Å²) >= 11 is 0. The standard InChI is InChI=1S/C26H35N5O7/c1-16(2)12-20(23(34)29-21(25(36)31-27)13-17-8-10-19(33)11-9-17)28-24(35)22(14-32)30-26(37)38-15-18-6-4-3-5-7-18/h3-11,16,20-22,32-33H,12-15,27H2,1-2H3,(H,28,35)(H,29,34)(H,30,37)(H,31,36)/t20-,21+,22-/m1/s1. The van der Waals surface area contributed by atoms with Crippen molar-refractivity contribution in [3.8, 4) is 5.75 Å². The van der Waals surface area contributed by atoms with E-state index < -0.39 is 48.5 Å². The number of amides is 4. The maximum absolute atomic E-state index is 13.1. The van der Waals surface area contributed by atoms with Crippen LogP contribution >= 0.6 is 0 Å². The average Bonchev–Trinajstić information content (AvgIpc) is 2.90. The van der Waals surface area contributed by atoms with E-state index in [4.69, 9.17) is 10.6 Å². The summed E-state index contributed by atoms with van der Waals surface area (Å²) in [6.45, 7) is 2.92. The predicted octanol–water partition coefficient (Wildman–Crippen LogP) is 0.228. The van der Waals surface area contributed by atoms with Crippen molar-refractivity contribution in [2.24, 2.45) is 11.8 Å². The van der Waals surface area contributed by atoms with Crippen molar-refractivity contribution in [3.05, 3.63) is 65.7 Å². The summed E-state index contributed by atoms with van der Waals surface area (Å²) in [5.74, 6) is 3.20. The van der Waals surface area contributed by atoms with Gasteiger partial charge in [0.1, 0.15) is 30.5 Å². The molecule has 0 aliphatic heterocycles. The second-order valence-corrected chi connectivity index (χ2v) is 9.07. The third-order valence-electron chi connectivity index (χ3n) is 5.50. The third kappa shape index (κ3) is 10.1. The number of carbonyl (C=O) groups excluding carboxylic acids is 4. The Balaban J connectivity index is 2.04. The number of hydrogen-bond donors (Lipinski definition) is 7. The number of hydrazine groups is 1. The number of benzene rings is 2. The molecular formula is C26H35N5O7. The molecule has 3 atom stereocenters. The van der Waals surface area contributed by atoms with Crippen molar-refractivity contribution in [2.75, 3.05) is 6.61 Å². The number of phenols is 1. The first-order valence-electron chi connectivity index (χ1n) is 12.1. The Bertz CT molecular complexity index is 1060. The van der Waals surface area contributed by atoms with Crippen molar-refractivity contribution in [1.29, 1.82) is 0 Å². The zero-order valence-corrected chi connectivity index (χ0v) is 21.3. The van der Waals surface area contributed by atoms with E-state index in [0.29, 0.717) is 5.56 Å². The number of rotatable bonds is 13. The van der Waals surface area contributed by atoms with Gasteiger partial charge in [-0.25, -0.2) is 10.6 Å². The molecule has 0 saturated carbocycles. The van der Waals surface area contributed by atoms with Crippen LogP contribution in [0.15, 0.2) is 54.6 Å². The molecule has 8 N–H and O–H groups in total. The zero-order chi connectivity index (χ0) is 28.1. The van der Waals surface area contributed by atoms with Crippen LogP contribution in [0.2, 0.25) is 0 Å². The number of aromatic hydroxyl groups is 1. The number of carbonyl (C=O) groups is 4. The highest BCUT2D eigenvalue weighted by molar-refractivity contribution is 5.93. The zero-order valence-electron chi connectivity index (χ0n) is 21.3. The summed E-state index contributed by atoms with van der Waals surface area (Å²) in [5.41, 5.74) is 3.40. The molecule has 0 aromatic heterocycles. The summed E-state index contributed by atoms with van der Waals surface area (Å²) in [4.78, 5) is 50.5. The fourth-order valence-electron chi connectivity index (χ4n) is 3.53. The summed E-state index contributed by atoms with van der Waals surface area (Å²) in [6, 6.07) is 11.5. The summed E-state index contributed by atoms with van der Waals surface area (Å²) in [5, 5.41) is 26.6. The first-order chi connectivity index (χ1) is 18.1. The van der Waals surface area contributed by atoms with E-state index >= 15 is 0 Å². The lowest BCUT2D eigenvalue weighted by Gasteiger charge is -2.25. The second kappa shape index (κ2) is 15.2. The Morgan fingerprint density at radius 2 is 1.42 bits per heavy atom. The SMILES string of the molecule is CC(C)C[C@@H](NC(=O)[C@@H](CO)NC(=O)OCc1ccccc1)C(=O)N[C@@H](Cc1ccc(O)cc1)C(=O)NN. The number of nitrogens with two attached hydrogens (primary N) is 1. The minimum atomic E-state index is -1.37. The smallest absolute Gasteiger partial charge is 0.408 e. The third-order valence-corrected chi connectivity index (χ3v) is 5.50. The van der Waals surface area contributed by atoms with Gasteiger partial charge in [-0.1, -0.05) is 56.3 Å². The molecule has 206 valence electrons. The molecule has 2 aromatic carbocycles. The minimum Gasteiger partial charge on any atom is -0.508 e. The highest BCUT2D eigenvalue weighted by Gasteiger charge is 2.30. The van der Waals surface area contributed by atoms with Crippen LogP contribution in [0.25, 0.3) is 0 Å². The average molecular weight is 530 g/mol. The van der Waals surface area contributed by atoms with Gasteiger partial charge >= 0.3 is 6.09 Å². The molecule has 0 aliphatic rings. The van der Waals surface area contributed by atoms with Gasteiger partial charge < -0.3 is 30.9 Å². The Hall–Kier alpha value is -4.16. The van der Waals surface area contributed by atoms with E-state index in [0.717, 1.165) is 5.56 Å². The molecule has 2 rings (SSSR count). The van der Waals surface area contributed by atoms with Crippen LogP contribution in [0, 0.1) is 5.92 Å². The summed E-state index contributed by atoms with van der Waals surface area (Å²) < 4.78 is 5.09. The Labute approximate surface area is 220 Å². The largest absolute Gasteiger partial charge is 0.508 e. The van der Waals surface area contributed by atoms with Crippen molar-refractivity contribution in [1.82, 2.24) is 21.4 Å². The summed E-state index contributed by atoms with van der Waals surface area (Å²) in [6.07, 6.45) is -0.628. The maximum Gasteiger partial charge on any atom is 0.408 e. The van der Waals surface area contributed by atoms with Gasteiger partial charge in [-0.05, 0) is 35.6 Å². The molecule has 0 saturated heterocycles. The van der Waals surface area contributed by atoms with Crippen LogP contribution in [-0.2, 0) is 32.1 Å². The molecule has 12 nitrogen and oxygen atoms in total. The van der Waals surface area contributed by atoms with Gasteiger partial charge in [-0.3, -0.25) is 19.8 Å². The van der Waals surface area contributed by atoms with E-state index in [2.05, 4.69) is 16.0 Å². The number of aliphatic hydroxyl groups excluding tert-OH is 1. The topological polar surface area (TPSA) is 192 Å². The first-order valence-corrected chi connectivity index (χ1v) is 12.1. The Morgan fingerprint density at radius 3 is 2.00 bits per heavy atom. The Kier molecular flexibility index (Phi) is 12.0. The van der Waals surface area contributed by atoms with Gasteiger partial charge in [0.05, 0.1) is 6.61 Å². The lowest BCUT2D eigenvalue weighted by atomic mass is 10.0. The quantitative estimate of drug-likeness (QED) is 0.109. The molecule has 0 spiro atoms. The molecule has 12 heteroatoms.